The summed E-state index contributed by atoms with van der Waals surface area (Å²) in [5.74, 6) is 0. The molecule has 11 heavy (non-hydrogen) atoms. The van der Waals surface area contributed by atoms with Gasteiger partial charge >= 0.3 is 0 Å². The first-order chi connectivity index (χ1) is 5.29. The van der Waals surface area contributed by atoms with Crippen LogP contribution in [0.1, 0.15) is 29.7 Å². The molecule has 2 nitrogen and oxygen atoms in total. The molecule has 1 aromatic carbocycles. The molecule has 0 fully saturated rings. The summed E-state index contributed by atoms with van der Waals surface area (Å²) in [4.78, 5) is 0. The highest BCUT2D eigenvalue weighted by Crippen LogP contribution is 2.36. The fraction of sp³-hybridized carbons (Fsp3) is 0.333. The predicted octanol–water partition coefficient (Wildman–Crippen LogP) is 1.12. The SMILES string of the molecule is N[C@@H]1C[C@H](O)c2ccccc21. The van der Waals surface area contributed by atoms with Crippen molar-refractivity contribution in [1.29, 1.82) is 0 Å². The number of aliphatic hydroxyl groups is 1. The lowest BCUT2D eigenvalue weighted by atomic mass is 10.1. The Bertz CT molecular complexity index is 245. The van der Waals surface area contributed by atoms with E-state index in [9.17, 15) is 5.11 Å². The molecular weight excluding hydrogens is 138 g/mol. The van der Waals surface area contributed by atoms with Crippen molar-refractivity contribution in [3.8, 4) is 0 Å². The van der Waals surface area contributed by atoms with Crippen LogP contribution in [0.2, 0.25) is 0 Å². The smallest absolute Gasteiger partial charge is 0.0811 e. The average Bonchev–Trinajstić information content (AvgIpc) is 2.30. The van der Waals surface area contributed by atoms with Gasteiger partial charge in [0.25, 0.3) is 0 Å². The van der Waals surface area contributed by atoms with Gasteiger partial charge in [-0.05, 0) is 17.5 Å². The molecule has 0 unspecified atom stereocenters. The van der Waals surface area contributed by atoms with Crippen LogP contribution in [0, 0.1) is 0 Å². The summed E-state index contributed by atoms with van der Waals surface area (Å²) in [6.07, 6.45) is 0.320. The van der Waals surface area contributed by atoms with Crippen molar-refractivity contribution in [3.05, 3.63) is 35.4 Å². The first-order valence-electron chi connectivity index (χ1n) is 3.81. The minimum absolute atomic E-state index is 0.0289. The second kappa shape index (κ2) is 2.32. The van der Waals surface area contributed by atoms with Crippen molar-refractivity contribution in [2.45, 2.75) is 18.6 Å². The lowest BCUT2D eigenvalue weighted by Gasteiger charge is -2.01. The fourth-order valence-corrected chi connectivity index (χ4v) is 1.65. The average molecular weight is 149 g/mol. The summed E-state index contributed by atoms with van der Waals surface area (Å²) in [7, 11) is 0. The molecule has 0 aromatic heterocycles. The third-order valence-corrected chi connectivity index (χ3v) is 2.23. The topological polar surface area (TPSA) is 46.2 Å². The summed E-state index contributed by atoms with van der Waals surface area (Å²) >= 11 is 0. The van der Waals surface area contributed by atoms with Crippen LogP contribution in [0.15, 0.2) is 24.3 Å². The Morgan fingerprint density at radius 3 is 2.55 bits per heavy atom. The van der Waals surface area contributed by atoms with E-state index >= 15 is 0 Å². The molecule has 58 valence electrons. The van der Waals surface area contributed by atoms with E-state index in [-0.39, 0.29) is 12.1 Å². The highest BCUT2D eigenvalue weighted by Gasteiger charge is 2.25. The van der Waals surface area contributed by atoms with Crippen LogP contribution >= 0.6 is 0 Å². The fourth-order valence-electron chi connectivity index (χ4n) is 1.65. The highest BCUT2D eigenvalue weighted by molar-refractivity contribution is 5.35. The van der Waals surface area contributed by atoms with Gasteiger partial charge in [0.2, 0.25) is 0 Å². The number of hydrogen-bond donors (Lipinski definition) is 2. The van der Waals surface area contributed by atoms with E-state index in [1.54, 1.807) is 0 Å². The summed E-state index contributed by atoms with van der Waals surface area (Å²) < 4.78 is 0. The van der Waals surface area contributed by atoms with E-state index in [1.165, 1.54) is 0 Å². The normalized spacial score (nSPS) is 28.5. The molecule has 3 N–H and O–H groups in total. The van der Waals surface area contributed by atoms with Crippen molar-refractivity contribution in [3.63, 3.8) is 0 Å². The Morgan fingerprint density at radius 2 is 1.91 bits per heavy atom. The zero-order valence-electron chi connectivity index (χ0n) is 6.20. The zero-order valence-corrected chi connectivity index (χ0v) is 6.20. The van der Waals surface area contributed by atoms with Gasteiger partial charge in [-0.2, -0.15) is 0 Å². The Hall–Kier alpha value is -0.860. The second-order valence-corrected chi connectivity index (χ2v) is 2.99. The molecule has 1 aliphatic carbocycles. The Labute approximate surface area is 65.7 Å². The van der Waals surface area contributed by atoms with E-state index in [1.807, 2.05) is 24.3 Å². The third-order valence-electron chi connectivity index (χ3n) is 2.23. The molecule has 0 spiro atoms. The molecule has 0 aliphatic heterocycles. The highest BCUT2D eigenvalue weighted by atomic mass is 16.3. The maximum atomic E-state index is 9.47. The lowest BCUT2D eigenvalue weighted by Crippen LogP contribution is -2.05. The van der Waals surface area contributed by atoms with Crippen LogP contribution in [0.4, 0.5) is 0 Å². The first-order valence-corrected chi connectivity index (χ1v) is 3.81. The van der Waals surface area contributed by atoms with Crippen LogP contribution in [-0.4, -0.2) is 5.11 Å². The molecule has 2 heteroatoms. The van der Waals surface area contributed by atoms with E-state index in [0.29, 0.717) is 6.42 Å². The van der Waals surface area contributed by atoms with Gasteiger partial charge in [-0.3, -0.25) is 0 Å². The van der Waals surface area contributed by atoms with Crippen molar-refractivity contribution >= 4 is 0 Å². The monoisotopic (exact) mass is 149 g/mol. The van der Waals surface area contributed by atoms with E-state index in [0.717, 1.165) is 11.1 Å². The van der Waals surface area contributed by atoms with Gasteiger partial charge in [0.05, 0.1) is 6.10 Å². The van der Waals surface area contributed by atoms with E-state index in [2.05, 4.69) is 0 Å². The maximum Gasteiger partial charge on any atom is 0.0811 e. The first kappa shape index (κ1) is 6.83. The van der Waals surface area contributed by atoms with E-state index < -0.39 is 0 Å². The van der Waals surface area contributed by atoms with Crippen molar-refractivity contribution in [2.24, 2.45) is 5.73 Å². The van der Waals surface area contributed by atoms with Crippen LogP contribution < -0.4 is 5.73 Å². The molecule has 0 radical (unpaired) electrons. The third kappa shape index (κ3) is 0.951. The summed E-state index contributed by atoms with van der Waals surface area (Å²) in [5, 5.41) is 9.47. The van der Waals surface area contributed by atoms with Crippen LogP contribution in [0.3, 0.4) is 0 Å². The number of benzene rings is 1. The largest absolute Gasteiger partial charge is 0.388 e. The number of hydrogen-bond acceptors (Lipinski definition) is 2. The molecule has 0 saturated heterocycles. The van der Waals surface area contributed by atoms with Crippen molar-refractivity contribution in [2.75, 3.05) is 0 Å². The van der Waals surface area contributed by atoms with Gasteiger partial charge in [0.15, 0.2) is 0 Å². The minimum atomic E-state index is -0.346. The number of fused-ring (bicyclic) bond motifs is 1. The number of aliphatic hydroxyl groups excluding tert-OH is 1. The number of nitrogens with two attached hydrogens (primary N) is 1. The Balaban J connectivity index is 2.52. The standard InChI is InChI=1S/C9H11NO/c10-8-5-9(11)7-4-2-1-3-6(7)8/h1-4,8-9,11H,5,10H2/t8-,9+/m1/s1. The Morgan fingerprint density at radius 1 is 1.27 bits per heavy atom. The molecule has 0 bridgehead atoms. The minimum Gasteiger partial charge on any atom is -0.388 e. The molecule has 1 aromatic rings. The van der Waals surface area contributed by atoms with Crippen molar-refractivity contribution < 1.29 is 5.11 Å². The summed E-state index contributed by atoms with van der Waals surface area (Å²) in [6, 6.07) is 7.83. The molecule has 1 aliphatic rings. The number of rotatable bonds is 0. The van der Waals surface area contributed by atoms with Gasteiger partial charge in [0.1, 0.15) is 0 Å². The predicted molar refractivity (Wildman–Crippen MR) is 42.9 cm³/mol. The molecule has 2 atom stereocenters. The van der Waals surface area contributed by atoms with Crippen LogP contribution in [0.25, 0.3) is 0 Å². The van der Waals surface area contributed by atoms with Gasteiger partial charge in [-0.25, -0.2) is 0 Å². The Kier molecular flexibility index (Phi) is 1.44. The maximum absolute atomic E-state index is 9.47. The van der Waals surface area contributed by atoms with Crippen LogP contribution in [0.5, 0.6) is 0 Å². The summed E-state index contributed by atoms with van der Waals surface area (Å²) in [6.45, 7) is 0. The zero-order chi connectivity index (χ0) is 7.84. The molecule has 2 rings (SSSR count). The second-order valence-electron chi connectivity index (χ2n) is 2.99. The molecule has 0 saturated carbocycles. The lowest BCUT2D eigenvalue weighted by molar-refractivity contribution is 0.173. The molecule has 0 heterocycles. The van der Waals surface area contributed by atoms with Gasteiger partial charge in [0, 0.05) is 6.04 Å². The van der Waals surface area contributed by atoms with Crippen molar-refractivity contribution in [1.82, 2.24) is 0 Å². The van der Waals surface area contributed by atoms with E-state index in [4.69, 9.17) is 5.73 Å². The molecular formula is C9H11NO. The van der Waals surface area contributed by atoms with Crippen LogP contribution in [-0.2, 0) is 0 Å². The van der Waals surface area contributed by atoms with Gasteiger partial charge < -0.3 is 10.8 Å². The summed E-state index contributed by atoms with van der Waals surface area (Å²) in [5.41, 5.74) is 7.87. The van der Waals surface area contributed by atoms with Gasteiger partial charge in [-0.15, -0.1) is 0 Å². The van der Waals surface area contributed by atoms with Gasteiger partial charge in [-0.1, -0.05) is 24.3 Å². The quantitative estimate of drug-likeness (QED) is 0.580. The molecule has 0 amide bonds.